The van der Waals surface area contributed by atoms with E-state index in [2.05, 4.69) is 14.9 Å². The second kappa shape index (κ2) is 5.27. The molecule has 0 saturated carbocycles. The van der Waals surface area contributed by atoms with Crippen LogP contribution in [-0.2, 0) is 6.54 Å². The van der Waals surface area contributed by atoms with Crippen LogP contribution in [0, 0.1) is 5.92 Å². The molecule has 1 saturated heterocycles. The molecule has 1 fully saturated rings. The zero-order valence-electron chi connectivity index (χ0n) is 8.87. The highest BCUT2D eigenvalue weighted by molar-refractivity contribution is 6.32. The van der Waals surface area contributed by atoms with Crippen molar-refractivity contribution in [2.75, 3.05) is 19.6 Å². The van der Waals surface area contributed by atoms with Crippen LogP contribution in [0.3, 0.4) is 0 Å². The van der Waals surface area contributed by atoms with Gasteiger partial charge in [-0.1, -0.05) is 11.6 Å². The lowest BCUT2D eigenvalue weighted by atomic mass is 10.1. The van der Waals surface area contributed by atoms with Gasteiger partial charge < -0.3 is 5.73 Å². The minimum atomic E-state index is 0.190. The normalized spacial score (nSPS) is 21.6. The van der Waals surface area contributed by atoms with Crippen LogP contribution < -0.4 is 5.73 Å². The lowest BCUT2D eigenvalue weighted by Gasteiger charge is -2.15. The van der Waals surface area contributed by atoms with Crippen LogP contribution in [0.2, 0.25) is 10.4 Å². The Labute approximate surface area is 105 Å². The van der Waals surface area contributed by atoms with Crippen molar-refractivity contribution in [1.82, 2.24) is 14.9 Å². The van der Waals surface area contributed by atoms with Crippen molar-refractivity contribution in [3.05, 3.63) is 22.2 Å². The summed E-state index contributed by atoms with van der Waals surface area (Å²) in [5.74, 6) is 0.604. The molecule has 0 bridgehead atoms. The zero-order chi connectivity index (χ0) is 11.5. The summed E-state index contributed by atoms with van der Waals surface area (Å²) in [6.45, 7) is 3.60. The Bertz CT molecular complexity index is 372. The Balaban J connectivity index is 1.99. The lowest BCUT2D eigenvalue weighted by Crippen LogP contribution is -2.23. The second-order valence-electron chi connectivity index (χ2n) is 4.08. The van der Waals surface area contributed by atoms with Gasteiger partial charge in [-0.3, -0.25) is 4.90 Å². The van der Waals surface area contributed by atoms with Gasteiger partial charge in [0.15, 0.2) is 0 Å². The molecule has 1 atom stereocenters. The molecule has 0 radical (unpaired) electrons. The first-order valence-corrected chi connectivity index (χ1v) is 6.04. The third-order valence-corrected chi connectivity index (χ3v) is 3.39. The van der Waals surface area contributed by atoms with Gasteiger partial charge in [-0.05, 0) is 37.0 Å². The molecule has 0 aromatic carbocycles. The maximum atomic E-state index is 5.99. The minimum Gasteiger partial charge on any atom is -0.330 e. The Hall–Kier alpha value is -0.420. The van der Waals surface area contributed by atoms with Gasteiger partial charge >= 0.3 is 0 Å². The SMILES string of the molecule is NC[C@H]1CCN(Cc2cnc(Cl)nc2Cl)C1. The standard InChI is InChI=1S/C10H14Cl2N4/c11-9-8(4-14-10(12)15-9)6-16-2-1-7(3-13)5-16/h4,7H,1-3,5-6,13H2/t7-/m1/s1. The van der Waals surface area contributed by atoms with Crippen LogP contribution in [0.5, 0.6) is 0 Å². The first kappa shape index (κ1) is 12.0. The highest BCUT2D eigenvalue weighted by Gasteiger charge is 2.21. The summed E-state index contributed by atoms with van der Waals surface area (Å²) in [4.78, 5) is 10.2. The molecule has 1 aliphatic heterocycles. The topological polar surface area (TPSA) is 55.0 Å². The molecular weight excluding hydrogens is 247 g/mol. The Morgan fingerprint density at radius 2 is 2.31 bits per heavy atom. The number of hydrogen-bond donors (Lipinski definition) is 1. The van der Waals surface area contributed by atoms with E-state index in [-0.39, 0.29) is 5.28 Å². The number of halogens is 2. The van der Waals surface area contributed by atoms with Gasteiger partial charge in [0, 0.05) is 24.8 Å². The molecule has 0 aliphatic carbocycles. The molecule has 0 amide bonds. The summed E-state index contributed by atoms with van der Waals surface area (Å²) in [6.07, 6.45) is 2.84. The van der Waals surface area contributed by atoms with Crippen molar-refractivity contribution in [1.29, 1.82) is 0 Å². The van der Waals surface area contributed by atoms with Crippen LogP contribution in [0.1, 0.15) is 12.0 Å². The fourth-order valence-corrected chi connectivity index (χ4v) is 2.33. The summed E-state index contributed by atoms with van der Waals surface area (Å²) in [7, 11) is 0. The van der Waals surface area contributed by atoms with E-state index in [0.29, 0.717) is 11.1 Å². The average molecular weight is 261 g/mol. The quantitative estimate of drug-likeness (QED) is 0.662. The highest BCUT2D eigenvalue weighted by atomic mass is 35.5. The molecule has 4 nitrogen and oxygen atoms in total. The van der Waals surface area contributed by atoms with Gasteiger partial charge in [0.2, 0.25) is 5.28 Å². The molecule has 88 valence electrons. The predicted molar refractivity (Wildman–Crippen MR) is 64.5 cm³/mol. The maximum absolute atomic E-state index is 5.99. The van der Waals surface area contributed by atoms with Crippen LogP contribution in [0.25, 0.3) is 0 Å². The van der Waals surface area contributed by atoms with Gasteiger partial charge in [0.1, 0.15) is 5.15 Å². The number of rotatable bonds is 3. The van der Waals surface area contributed by atoms with Crippen molar-refractivity contribution < 1.29 is 0 Å². The van der Waals surface area contributed by atoms with Crippen molar-refractivity contribution >= 4 is 23.2 Å². The number of nitrogens with zero attached hydrogens (tertiary/aromatic N) is 3. The van der Waals surface area contributed by atoms with Crippen LogP contribution in [-0.4, -0.2) is 34.5 Å². The fourth-order valence-electron chi connectivity index (χ4n) is 1.96. The Morgan fingerprint density at radius 1 is 1.50 bits per heavy atom. The smallest absolute Gasteiger partial charge is 0.223 e. The van der Waals surface area contributed by atoms with E-state index in [0.717, 1.165) is 38.2 Å². The molecule has 1 aromatic heterocycles. The van der Waals surface area contributed by atoms with Crippen LogP contribution in [0.15, 0.2) is 6.20 Å². The van der Waals surface area contributed by atoms with Gasteiger partial charge in [-0.15, -0.1) is 0 Å². The number of likely N-dealkylation sites (tertiary alicyclic amines) is 1. The van der Waals surface area contributed by atoms with Gasteiger partial charge in [-0.25, -0.2) is 9.97 Å². The predicted octanol–water partition coefficient (Wildman–Crippen LogP) is 1.56. The molecular formula is C10H14Cl2N4. The number of hydrogen-bond acceptors (Lipinski definition) is 4. The van der Waals surface area contributed by atoms with E-state index in [1.165, 1.54) is 0 Å². The molecule has 6 heteroatoms. The van der Waals surface area contributed by atoms with Gasteiger partial charge in [-0.2, -0.15) is 0 Å². The molecule has 1 aromatic rings. The van der Waals surface area contributed by atoms with E-state index < -0.39 is 0 Å². The lowest BCUT2D eigenvalue weighted by molar-refractivity contribution is 0.317. The maximum Gasteiger partial charge on any atom is 0.223 e. The van der Waals surface area contributed by atoms with Crippen LogP contribution in [0.4, 0.5) is 0 Å². The first-order chi connectivity index (χ1) is 7.69. The van der Waals surface area contributed by atoms with Gasteiger partial charge in [0.05, 0.1) is 0 Å². The van der Waals surface area contributed by atoms with Crippen molar-refractivity contribution in [3.8, 4) is 0 Å². The van der Waals surface area contributed by atoms with Crippen LogP contribution >= 0.6 is 23.2 Å². The van der Waals surface area contributed by atoms with E-state index >= 15 is 0 Å². The molecule has 2 heterocycles. The summed E-state index contributed by atoms with van der Waals surface area (Å²) >= 11 is 11.6. The van der Waals surface area contributed by atoms with Crippen molar-refractivity contribution in [3.63, 3.8) is 0 Å². The molecule has 0 spiro atoms. The van der Waals surface area contributed by atoms with Crippen molar-refractivity contribution in [2.45, 2.75) is 13.0 Å². The highest BCUT2D eigenvalue weighted by Crippen LogP contribution is 2.21. The van der Waals surface area contributed by atoms with E-state index in [9.17, 15) is 0 Å². The Morgan fingerprint density at radius 3 is 2.94 bits per heavy atom. The largest absolute Gasteiger partial charge is 0.330 e. The number of aromatic nitrogens is 2. The summed E-state index contributed by atoms with van der Waals surface area (Å²) in [5.41, 5.74) is 6.56. The molecule has 0 unspecified atom stereocenters. The summed E-state index contributed by atoms with van der Waals surface area (Å²) in [6, 6.07) is 0. The third-order valence-electron chi connectivity index (χ3n) is 2.88. The van der Waals surface area contributed by atoms with Crippen molar-refractivity contribution in [2.24, 2.45) is 11.7 Å². The number of nitrogens with two attached hydrogens (primary N) is 1. The average Bonchev–Trinajstić information content (AvgIpc) is 2.70. The monoisotopic (exact) mass is 260 g/mol. The molecule has 2 rings (SSSR count). The van der Waals surface area contributed by atoms with E-state index in [1.807, 2.05) is 0 Å². The Kier molecular flexibility index (Phi) is 3.97. The first-order valence-electron chi connectivity index (χ1n) is 5.28. The zero-order valence-corrected chi connectivity index (χ0v) is 10.4. The third kappa shape index (κ3) is 2.83. The second-order valence-corrected chi connectivity index (χ2v) is 4.78. The van der Waals surface area contributed by atoms with Gasteiger partial charge in [0.25, 0.3) is 0 Å². The minimum absolute atomic E-state index is 0.190. The molecule has 16 heavy (non-hydrogen) atoms. The molecule has 1 aliphatic rings. The fraction of sp³-hybridized carbons (Fsp3) is 0.600. The summed E-state index contributed by atoms with van der Waals surface area (Å²) in [5, 5.41) is 0.631. The molecule has 2 N–H and O–H groups in total. The van der Waals surface area contributed by atoms with E-state index in [1.54, 1.807) is 6.20 Å². The van der Waals surface area contributed by atoms with E-state index in [4.69, 9.17) is 28.9 Å². The summed E-state index contributed by atoms with van der Waals surface area (Å²) < 4.78 is 0.